The molecule has 84 valence electrons. The zero-order chi connectivity index (χ0) is 11.5. The van der Waals surface area contributed by atoms with Crippen LogP contribution in [0.2, 0.25) is 0 Å². The lowest BCUT2D eigenvalue weighted by Crippen LogP contribution is -2.02. The Morgan fingerprint density at radius 3 is 2.88 bits per heavy atom. The molecule has 0 aliphatic heterocycles. The van der Waals surface area contributed by atoms with Crippen molar-refractivity contribution < 1.29 is 9.53 Å². The Balaban J connectivity index is 2.41. The third-order valence-corrected chi connectivity index (χ3v) is 2.73. The van der Waals surface area contributed by atoms with Gasteiger partial charge in [0.15, 0.2) is 5.78 Å². The predicted octanol–water partition coefficient (Wildman–Crippen LogP) is 2.40. The van der Waals surface area contributed by atoms with Crippen LogP contribution < -0.4 is 0 Å². The van der Waals surface area contributed by atoms with E-state index in [2.05, 4.69) is 0 Å². The Bertz CT molecular complexity index is 514. The molecule has 0 atom stereocenters. The number of fused-ring (bicyclic) bond motifs is 1. The Kier molecular flexibility index (Phi) is 3.06. The summed E-state index contributed by atoms with van der Waals surface area (Å²) in [6, 6.07) is 7.93. The molecule has 3 nitrogen and oxygen atoms in total. The van der Waals surface area contributed by atoms with Crippen molar-refractivity contribution in [3.8, 4) is 0 Å². The summed E-state index contributed by atoms with van der Waals surface area (Å²) in [6.45, 7) is 0.474. The molecule has 0 saturated heterocycles. The van der Waals surface area contributed by atoms with Crippen molar-refractivity contribution in [2.75, 3.05) is 13.7 Å². The number of ketones is 1. The topological polar surface area (TPSA) is 31.2 Å². The molecule has 2 rings (SSSR count). The van der Waals surface area contributed by atoms with Gasteiger partial charge in [0.25, 0.3) is 0 Å². The van der Waals surface area contributed by atoms with Crippen LogP contribution in [0.4, 0.5) is 0 Å². The van der Waals surface area contributed by atoms with Gasteiger partial charge >= 0.3 is 0 Å². The summed E-state index contributed by atoms with van der Waals surface area (Å²) in [4.78, 5) is 11.9. The lowest BCUT2D eigenvalue weighted by atomic mass is 10.1. The highest BCUT2D eigenvalue weighted by Crippen LogP contribution is 2.21. The molecule has 0 fully saturated rings. The molecule has 0 aliphatic carbocycles. The van der Waals surface area contributed by atoms with Gasteiger partial charge in [0.2, 0.25) is 0 Å². The highest BCUT2D eigenvalue weighted by molar-refractivity contribution is 6.08. The zero-order valence-electron chi connectivity index (χ0n) is 9.56. The normalized spacial score (nSPS) is 10.9. The molecule has 0 bridgehead atoms. The quantitative estimate of drug-likeness (QED) is 0.736. The van der Waals surface area contributed by atoms with E-state index < -0.39 is 0 Å². The van der Waals surface area contributed by atoms with Crippen LogP contribution in [0.5, 0.6) is 0 Å². The van der Waals surface area contributed by atoms with E-state index in [4.69, 9.17) is 4.74 Å². The van der Waals surface area contributed by atoms with E-state index in [0.29, 0.717) is 13.0 Å². The first kappa shape index (κ1) is 10.9. The number of ether oxygens (including phenoxy) is 1. The van der Waals surface area contributed by atoms with E-state index in [-0.39, 0.29) is 5.78 Å². The number of hydrogen-bond acceptors (Lipinski definition) is 2. The largest absolute Gasteiger partial charge is 0.384 e. The number of carbonyl (C=O) groups excluding carboxylic acids is 1. The average Bonchev–Trinajstić information content (AvgIpc) is 2.65. The fraction of sp³-hybridized carbons (Fsp3) is 0.308. The van der Waals surface area contributed by atoms with Crippen LogP contribution in [0.15, 0.2) is 30.5 Å². The summed E-state index contributed by atoms with van der Waals surface area (Å²) in [7, 11) is 3.56. The number of benzene rings is 1. The molecule has 0 saturated carbocycles. The van der Waals surface area contributed by atoms with Gasteiger partial charge in [0, 0.05) is 43.2 Å². The van der Waals surface area contributed by atoms with Crippen LogP contribution in [-0.4, -0.2) is 24.1 Å². The Morgan fingerprint density at radius 2 is 2.12 bits per heavy atom. The van der Waals surface area contributed by atoms with E-state index in [1.165, 1.54) is 0 Å². The van der Waals surface area contributed by atoms with Gasteiger partial charge in [-0.05, 0) is 6.07 Å². The molecular weight excluding hydrogens is 202 g/mol. The third-order valence-electron chi connectivity index (χ3n) is 2.73. The summed E-state index contributed by atoms with van der Waals surface area (Å²) in [6.07, 6.45) is 2.33. The van der Waals surface area contributed by atoms with E-state index in [1.807, 2.05) is 42.1 Å². The van der Waals surface area contributed by atoms with Gasteiger partial charge in [-0.25, -0.2) is 0 Å². The Morgan fingerprint density at radius 1 is 1.38 bits per heavy atom. The average molecular weight is 217 g/mol. The number of rotatable bonds is 4. The molecule has 2 aromatic rings. The molecule has 0 unspecified atom stereocenters. The SMILES string of the molecule is COCCC(=O)c1cn(C)c2ccccc12. The van der Waals surface area contributed by atoms with Crippen LogP contribution in [0, 0.1) is 0 Å². The number of carbonyl (C=O) groups is 1. The minimum absolute atomic E-state index is 0.138. The molecule has 0 aliphatic rings. The molecular formula is C13H15NO2. The molecule has 1 heterocycles. The van der Waals surface area contributed by atoms with Crippen LogP contribution in [-0.2, 0) is 11.8 Å². The van der Waals surface area contributed by atoms with Crippen LogP contribution in [0.25, 0.3) is 10.9 Å². The maximum absolute atomic E-state index is 11.9. The summed E-state index contributed by atoms with van der Waals surface area (Å²) < 4.78 is 6.91. The highest BCUT2D eigenvalue weighted by atomic mass is 16.5. The van der Waals surface area contributed by atoms with Crippen LogP contribution in [0.1, 0.15) is 16.8 Å². The van der Waals surface area contributed by atoms with Crippen molar-refractivity contribution in [3.05, 3.63) is 36.0 Å². The van der Waals surface area contributed by atoms with Crippen molar-refractivity contribution in [2.45, 2.75) is 6.42 Å². The van der Waals surface area contributed by atoms with Gasteiger partial charge < -0.3 is 9.30 Å². The summed E-state index contributed by atoms with van der Waals surface area (Å²) >= 11 is 0. The number of hydrogen-bond donors (Lipinski definition) is 0. The van der Waals surface area contributed by atoms with Crippen molar-refractivity contribution in [3.63, 3.8) is 0 Å². The number of aryl methyl sites for hydroxylation is 1. The van der Waals surface area contributed by atoms with Crippen molar-refractivity contribution in [1.82, 2.24) is 4.57 Å². The van der Waals surface area contributed by atoms with Gasteiger partial charge in [-0.2, -0.15) is 0 Å². The second-order valence-corrected chi connectivity index (χ2v) is 3.84. The molecule has 1 aromatic carbocycles. The number of Topliss-reactive ketones (excluding diaryl/α,β-unsaturated/α-hetero) is 1. The second-order valence-electron chi connectivity index (χ2n) is 3.84. The summed E-state index contributed by atoms with van der Waals surface area (Å²) in [5.74, 6) is 0.138. The van der Waals surface area contributed by atoms with Gasteiger partial charge in [0.05, 0.1) is 6.61 Å². The molecule has 0 amide bonds. The fourth-order valence-corrected chi connectivity index (χ4v) is 1.89. The first-order valence-electron chi connectivity index (χ1n) is 5.30. The first-order chi connectivity index (χ1) is 7.74. The third kappa shape index (κ3) is 1.86. The molecule has 16 heavy (non-hydrogen) atoms. The van der Waals surface area contributed by atoms with Crippen molar-refractivity contribution in [1.29, 1.82) is 0 Å². The van der Waals surface area contributed by atoms with Gasteiger partial charge in [-0.3, -0.25) is 4.79 Å². The van der Waals surface area contributed by atoms with E-state index in [1.54, 1.807) is 7.11 Å². The Labute approximate surface area is 94.6 Å². The van der Waals surface area contributed by atoms with Gasteiger partial charge in [-0.1, -0.05) is 18.2 Å². The van der Waals surface area contributed by atoms with Gasteiger partial charge in [0.1, 0.15) is 0 Å². The standard InChI is InChI=1S/C13H15NO2/c1-14-9-11(13(15)7-8-16-2)10-5-3-4-6-12(10)14/h3-6,9H,7-8H2,1-2H3. The highest BCUT2D eigenvalue weighted by Gasteiger charge is 2.12. The maximum Gasteiger partial charge on any atom is 0.167 e. The molecule has 0 N–H and O–H groups in total. The van der Waals surface area contributed by atoms with Crippen LogP contribution >= 0.6 is 0 Å². The van der Waals surface area contributed by atoms with E-state index in [0.717, 1.165) is 16.5 Å². The lowest BCUT2D eigenvalue weighted by molar-refractivity contribution is 0.0933. The van der Waals surface area contributed by atoms with Crippen molar-refractivity contribution in [2.24, 2.45) is 7.05 Å². The molecule has 0 spiro atoms. The zero-order valence-corrected chi connectivity index (χ0v) is 9.56. The number of para-hydroxylation sites is 1. The van der Waals surface area contributed by atoms with Gasteiger partial charge in [-0.15, -0.1) is 0 Å². The van der Waals surface area contributed by atoms with Crippen LogP contribution in [0.3, 0.4) is 0 Å². The monoisotopic (exact) mass is 217 g/mol. The minimum atomic E-state index is 0.138. The molecule has 1 aromatic heterocycles. The second kappa shape index (κ2) is 4.49. The van der Waals surface area contributed by atoms with E-state index >= 15 is 0 Å². The lowest BCUT2D eigenvalue weighted by Gasteiger charge is -1.98. The fourth-order valence-electron chi connectivity index (χ4n) is 1.89. The smallest absolute Gasteiger partial charge is 0.167 e. The molecule has 3 heteroatoms. The maximum atomic E-state index is 11.9. The first-order valence-corrected chi connectivity index (χ1v) is 5.30. The van der Waals surface area contributed by atoms with E-state index in [9.17, 15) is 4.79 Å². The number of aromatic nitrogens is 1. The Hall–Kier alpha value is -1.61. The predicted molar refractivity (Wildman–Crippen MR) is 63.7 cm³/mol. The minimum Gasteiger partial charge on any atom is -0.384 e. The summed E-state index contributed by atoms with van der Waals surface area (Å²) in [5.41, 5.74) is 1.87. The van der Waals surface area contributed by atoms with Crippen molar-refractivity contribution >= 4 is 16.7 Å². The summed E-state index contributed by atoms with van der Waals surface area (Å²) in [5, 5.41) is 1.02. The number of methoxy groups -OCH3 is 1. The number of nitrogens with zero attached hydrogens (tertiary/aromatic N) is 1. The molecule has 0 radical (unpaired) electrons.